The van der Waals surface area contributed by atoms with E-state index in [1.54, 1.807) is 18.3 Å². The highest BCUT2D eigenvalue weighted by molar-refractivity contribution is 5.85. The van der Waals surface area contributed by atoms with E-state index in [1.165, 1.54) is 12.1 Å². The van der Waals surface area contributed by atoms with Crippen LogP contribution in [0.15, 0.2) is 60.9 Å². The van der Waals surface area contributed by atoms with E-state index in [9.17, 15) is 4.39 Å². The van der Waals surface area contributed by atoms with Crippen molar-refractivity contribution in [1.29, 1.82) is 0 Å². The van der Waals surface area contributed by atoms with Gasteiger partial charge in [-0.3, -0.25) is 4.98 Å². The molecule has 0 radical (unpaired) electrons. The fourth-order valence-electron chi connectivity index (χ4n) is 2.44. The molecule has 2 N–H and O–H groups in total. The van der Waals surface area contributed by atoms with Crippen LogP contribution in [0.1, 0.15) is 17.2 Å². The average molecular weight is 266 g/mol. The molecular weight excluding hydrogens is 251 g/mol. The molecule has 3 rings (SSSR count). The maximum absolute atomic E-state index is 12.9. The molecule has 20 heavy (non-hydrogen) atoms. The SMILES string of the molecule is NC(Cc1ccc(F)cc1)c1cccc2ccncc12. The zero-order valence-electron chi connectivity index (χ0n) is 11.0. The van der Waals surface area contributed by atoms with Crippen molar-refractivity contribution in [2.45, 2.75) is 12.5 Å². The van der Waals surface area contributed by atoms with Gasteiger partial charge in [-0.05, 0) is 41.1 Å². The molecule has 0 aliphatic rings. The van der Waals surface area contributed by atoms with E-state index in [0.29, 0.717) is 6.42 Å². The third-order valence-corrected chi connectivity index (χ3v) is 3.49. The van der Waals surface area contributed by atoms with Gasteiger partial charge in [0.1, 0.15) is 5.82 Å². The fourth-order valence-corrected chi connectivity index (χ4v) is 2.44. The van der Waals surface area contributed by atoms with Gasteiger partial charge in [0.15, 0.2) is 0 Å². The van der Waals surface area contributed by atoms with Crippen LogP contribution in [-0.4, -0.2) is 4.98 Å². The van der Waals surface area contributed by atoms with E-state index in [1.807, 2.05) is 30.5 Å². The molecule has 100 valence electrons. The van der Waals surface area contributed by atoms with Crippen molar-refractivity contribution in [3.05, 3.63) is 77.9 Å². The number of hydrogen-bond acceptors (Lipinski definition) is 2. The Labute approximate surface area is 117 Å². The van der Waals surface area contributed by atoms with Crippen molar-refractivity contribution in [2.75, 3.05) is 0 Å². The molecule has 0 aliphatic heterocycles. The third-order valence-electron chi connectivity index (χ3n) is 3.49. The van der Waals surface area contributed by atoms with E-state index in [2.05, 4.69) is 4.98 Å². The van der Waals surface area contributed by atoms with E-state index in [4.69, 9.17) is 5.73 Å². The van der Waals surface area contributed by atoms with Gasteiger partial charge >= 0.3 is 0 Å². The van der Waals surface area contributed by atoms with Crippen LogP contribution in [0, 0.1) is 5.82 Å². The minimum absolute atomic E-state index is 0.131. The molecule has 0 saturated carbocycles. The average Bonchev–Trinajstić information content (AvgIpc) is 2.49. The van der Waals surface area contributed by atoms with Crippen LogP contribution in [0.25, 0.3) is 10.8 Å². The Hall–Kier alpha value is -2.26. The predicted octanol–water partition coefficient (Wildman–Crippen LogP) is 3.62. The second kappa shape index (κ2) is 5.39. The molecule has 3 aromatic rings. The van der Waals surface area contributed by atoms with Crippen LogP contribution < -0.4 is 5.73 Å². The molecule has 0 saturated heterocycles. The lowest BCUT2D eigenvalue weighted by molar-refractivity contribution is 0.625. The summed E-state index contributed by atoms with van der Waals surface area (Å²) in [6, 6.07) is 14.4. The van der Waals surface area contributed by atoms with Gasteiger partial charge in [0, 0.05) is 23.8 Å². The number of fused-ring (bicyclic) bond motifs is 1. The Morgan fingerprint density at radius 3 is 2.65 bits per heavy atom. The van der Waals surface area contributed by atoms with Gasteiger partial charge in [-0.25, -0.2) is 4.39 Å². The van der Waals surface area contributed by atoms with E-state index in [-0.39, 0.29) is 11.9 Å². The van der Waals surface area contributed by atoms with Crippen LogP contribution in [0.4, 0.5) is 4.39 Å². The molecule has 2 nitrogen and oxygen atoms in total. The van der Waals surface area contributed by atoms with Gasteiger partial charge in [-0.1, -0.05) is 30.3 Å². The quantitative estimate of drug-likeness (QED) is 0.786. The van der Waals surface area contributed by atoms with Crippen molar-refractivity contribution < 1.29 is 4.39 Å². The van der Waals surface area contributed by atoms with Gasteiger partial charge in [0.25, 0.3) is 0 Å². The monoisotopic (exact) mass is 266 g/mol. The number of rotatable bonds is 3. The van der Waals surface area contributed by atoms with Gasteiger partial charge in [-0.15, -0.1) is 0 Å². The standard InChI is InChI=1S/C17H15FN2/c18-14-6-4-12(5-7-14)10-17(19)15-3-1-2-13-8-9-20-11-16(13)15/h1-9,11,17H,10,19H2. The van der Waals surface area contributed by atoms with Gasteiger partial charge in [0.2, 0.25) is 0 Å². The first-order chi connectivity index (χ1) is 9.74. The number of nitrogens with zero attached hydrogens (tertiary/aromatic N) is 1. The van der Waals surface area contributed by atoms with Crippen LogP contribution >= 0.6 is 0 Å². The Bertz CT molecular complexity index is 717. The summed E-state index contributed by atoms with van der Waals surface area (Å²) in [6.07, 6.45) is 4.29. The molecule has 1 atom stereocenters. The lowest BCUT2D eigenvalue weighted by Gasteiger charge is -2.14. The van der Waals surface area contributed by atoms with Crippen LogP contribution in [0.2, 0.25) is 0 Å². The fraction of sp³-hybridized carbons (Fsp3) is 0.118. The lowest BCUT2D eigenvalue weighted by atomic mass is 9.96. The summed E-state index contributed by atoms with van der Waals surface area (Å²) >= 11 is 0. The summed E-state index contributed by atoms with van der Waals surface area (Å²) in [4.78, 5) is 4.17. The van der Waals surface area contributed by atoms with Crippen LogP contribution in [0.3, 0.4) is 0 Å². The number of hydrogen-bond donors (Lipinski definition) is 1. The minimum Gasteiger partial charge on any atom is -0.324 e. The normalized spacial score (nSPS) is 12.5. The largest absolute Gasteiger partial charge is 0.324 e. The van der Waals surface area contributed by atoms with Gasteiger partial charge < -0.3 is 5.73 Å². The highest BCUT2D eigenvalue weighted by Crippen LogP contribution is 2.24. The smallest absolute Gasteiger partial charge is 0.123 e. The first-order valence-electron chi connectivity index (χ1n) is 6.57. The predicted molar refractivity (Wildman–Crippen MR) is 78.8 cm³/mol. The zero-order chi connectivity index (χ0) is 13.9. The number of pyridine rings is 1. The van der Waals surface area contributed by atoms with Crippen molar-refractivity contribution >= 4 is 10.8 Å². The minimum atomic E-state index is -0.225. The topological polar surface area (TPSA) is 38.9 Å². The number of nitrogens with two attached hydrogens (primary N) is 1. The number of aromatic nitrogens is 1. The van der Waals surface area contributed by atoms with E-state index in [0.717, 1.165) is 21.9 Å². The Morgan fingerprint density at radius 1 is 1.05 bits per heavy atom. The first-order valence-corrected chi connectivity index (χ1v) is 6.57. The molecule has 3 heteroatoms. The summed E-state index contributed by atoms with van der Waals surface area (Å²) in [5, 5.41) is 2.21. The molecule has 0 aliphatic carbocycles. The molecule has 0 amide bonds. The summed E-state index contributed by atoms with van der Waals surface area (Å²) in [7, 11) is 0. The first kappa shape index (κ1) is 12.8. The summed E-state index contributed by atoms with van der Waals surface area (Å²) < 4.78 is 12.9. The third kappa shape index (κ3) is 2.53. The van der Waals surface area contributed by atoms with Gasteiger partial charge in [0.05, 0.1) is 0 Å². The summed E-state index contributed by atoms with van der Waals surface area (Å²) in [5.41, 5.74) is 8.41. The highest BCUT2D eigenvalue weighted by Gasteiger charge is 2.10. The maximum Gasteiger partial charge on any atom is 0.123 e. The van der Waals surface area contributed by atoms with Crippen molar-refractivity contribution in [1.82, 2.24) is 4.98 Å². The Kier molecular flexibility index (Phi) is 3.44. The van der Waals surface area contributed by atoms with Crippen molar-refractivity contribution in [3.63, 3.8) is 0 Å². The Balaban J connectivity index is 1.92. The molecule has 2 aromatic carbocycles. The van der Waals surface area contributed by atoms with E-state index < -0.39 is 0 Å². The molecule has 0 bridgehead atoms. The molecular formula is C17H15FN2. The number of halogens is 1. The summed E-state index contributed by atoms with van der Waals surface area (Å²) in [5.74, 6) is -0.225. The second-order valence-corrected chi connectivity index (χ2v) is 4.88. The van der Waals surface area contributed by atoms with Crippen molar-refractivity contribution in [3.8, 4) is 0 Å². The molecule has 1 aromatic heterocycles. The lowest BCUT2D eigenvalue weighted by Crippen LogP contribution is -2.13. The van der Waals surface area contributed by atoms with Crippen molar-refractivity contribution in [2.24, 2.45) is 5.73 Å². The van der Waals surface area contributed by atoms with Gasteiger partial charge in [-0.2, -0.15) is 0 Å². The summed E-state index contributed by atoms with van der Waals surface area (Å²) in [6.45, 7) is 0. The second-order valence-electron chi connectivity index (χ2n) is 4.88. The molecule has 0 spiro atoms. The molecule has 0 fully saturated rings. The van der Waals surface area contributed by atoms with Crippen LogP contribution in [-0.2, 0) is 6.42 Å². The zero-order valence-corrected chi connectivity index (χ0v) is 11.0. The van der Waals surface area contributed by atoms with E-state index >= 15 is 0 Å². The van der Waals surface area contributed by atoms with Crippen LogP contribution in [0.5, 0.6) is 0 Å². The maximum atomic E-state index is 12.9. The molecule has 1 unspecified atom stereocenters. The molecule has 1 heterocycles. The Morgan fingerprint density at radius 2 is 1.85 bits per heavy atom. The highest BCUT2D eigenvalue weighted by atomic mass is 19.1. The number of benzene rings is 2.